The van der Waals surface area contributed by atoms with Crippen LogP contribution in [0.4, 0.5) is 51.2 Å². The minimum absolute atomic E-state index is 0.000377. The van der Waals surface area contributed by atoms with Gasteiger partial charge in [-0.05, 0) is 139 Å². The molecule has 2 heterocycles. The van der Waals surface area contributed by atoms with E-state index in [1.165, 1.54) is 89.1 Å². The lowest BCUT2D eigenvalue weighted by Crippen LogP contribution is -2.62. The third-order valence-corrected chi connectivity index (χ3v) is 16.9. The molecule has 67 heavy (non-hydrogen) atoms. The Morgan fingerprint density at radius 1 is 0.448 bits per heavy atom. The van der Waals surface area contributed by atoms with Crippen LogP contribution in [0.15, 0.2) is 176 Å². The molecule has 0 N–H and O–H groups in total. The lowest BCUT2D eigenvalue weighted by atomic mass is 9.33. The van der Waals surface area contributed by atoms with E-state index in [-0.39, 0.29) is 23.0 Å². The van der Waals surface area contributed by atoms with E-state index >= 15 is 0 Å². The van der Waals surface area contributed by atoms with Crippen molar-refractivity contribution in [3.8, 4) is 11.1 Å². The van der Waals surface area contributed by atoms with E-state index in [9.17, 15) is 0 Å². The van der Waals surface area contributed by atoms with Gasteiger partial charge >= 0.3 is 0 Å². The van der Waals surface area contributed by atoms with Crippen molar-refractivity contribution in [3.63, 3.8) is 0 Å². The zero-order valence-corrected chi connectivity index (χ0v) is 42.2. The van der Waals surface area contributed by atoms with E-state index in [1.807, 2.05) is 0 Å². The van der Waals surface area contributed by atoms with Gasteiger partial charge in [-0.15, -0.1) is 0 Å². The van der Waals surface area contributed by atoms with E-state index in [0.717, 1.165) is 17.1 Å². The van der Waals surface area contributed by atoms with Crippen molar-refractivity contribution < 1.29 is 0 Å². The summed E-state index contributed by atoms with van der Waals surface area (Å²) in [6, 6.07) is 67.2. The van der Waals surface area contributed by atoms with Gasteiger partial charge in [-0.3, -0.25) is 0 Å². The maximum atomic E-state index is 2.64. The summed E-state index contributed by atoms with van der Waals surface area (Å²) in [4.78, 5) is 7.65. The molecule has 0 unspecified atom stereocenters. The van der Waals surface area contributed by atoms with E-state index in [4.69, 9.17) is 0 Å². The first-order valence-electron chi connectivity index (χ1n) is 24.2. The fourth-order valence-electron chi connectivity index (χ4n) is 11.1. The summed E-state index contributed by atoms with van der Waals surface area (Å²) in [6.07, 6.45) is 0. The van der Waals surface area contributed by atoms with Gasteiger partial charge in [0.15, 0.2) is 0 Å². The van der Waals surface area contributed by atoms with Crippen LogP contribution in [0.2, 0.25) is 19.6 Å². The van der Waals surface area contributed by atoms with Crippen LogP contribution in [0, 0.1) is 0 Å². The quantitative estimate of drug-likeness (QED) is 0.154. The van der Waals surface area contributed by atoms with Gasteiger partial charge < -0.3 is 14.7 Å². The molecule has 0 radical (unpaired) electrons. The van der Waals surface area contributed by atoms with Crippen LogP contribution >= 0.6 is 0 Å². The Kier molecular flexibility index (Phi) is 9.79. The Bertz CT molecular complexity index is 3190. The Labute approximate surface area is 400 Å². The van der Waals surface area contributed by atoms with Crippen molar-refractivity contribution in [1.29, 1.82) is 0 Å². The van der Waals surface area contributed by atoms with Gasteiger partial charge in [0.2, 0.25) is 0 Å². The highest BCUT2D eigenvalue weighted by atomic mass is 28.3. The molecule has 0 saturated carbocycles. The Morgan fingerprint density at radius 2 is 1.00 bits per heavy atom. The Hall–Kier alpha value is -6.56. The van der Waals surface area contributed by atoms with Crippen molar-refractivity contribution in [1.82, 2.24) is 0 Å². The van der Waals surface area contributed by atoms with Gasteiger partial charge in [0.1, 0.15) is 0 Å². The van der Waals surface area contributed by atoms with E-state index in [1.54, 1.807) is 0 Å². The first-order valence-corrected chi connectivity index (χ1v) is 27.7. The second kappa shape index (κ2) is 15.2. The zero-order chi connectivity index (χ0) is 46.8. The smallest absolute Gasteiger partial charge is 0.252 e. The number of para-hydroxylation sites is 2. The lowest BCUT2D eigenvalue weighted by molar-refractivity contribution is 0.590. The van der Waals surface area contributed by atoms with Gasteiger partial charge in [0, 0.05) is 56.6 Å². The summed E-state index contributed by atoms with van der Waals surface area (Å²) in [6.45, 7) is 26.3. The van der Waals surface area contributed by atoms with Gasteiger partial charge in [-0.25, -0.2) is 0 Å². The summed E-state index contributed by atoms with van der Waals surface area (Å²) in [7, 11) is -1.91. The summed E-state index contributed by atoms with van der Waals surface area (Å²) < 4.78 is 0. The molecule has 3 aliphatic rings. The summed E-state index contributed by atoms with van der Waals surface area (Å²) in [5.74, 6) is 0. The number of benzene rings is 8. The molecule has 332 valence electrons. The highest BCUT2D eigenvalue weighted by molar-refractivity contribution is 7.00. The number of hydrogen-bond acceptors (Lipinski definition) is 3. The monoisotopic (exact) mass is 887 g/mol. The molecule has 8 aromatic carbocycles. The maximum Gasteiger partial charge on any atom is 0.252 e. The summed E-state index contributed by atoms with van der Waals surface area (Å²) in [5.41, 5.74) is 22.8. The molecule has 8 aromatic rings. The van der Waals surface area contributed by atoms with Crippen molar-refractivity contribution >= 4 is 87.5 Å². The minimum atomic E-state index is -1.91. The van der Waals surface area contributed by atoms with Crippen LogP contribution in [0.1, 0.15) is 77.6 Å². The number of nitrogens with zero attached hydrogens (tertiary/aromatic N) is 3. The number of fused-ring (bicyclic) bond motifs is 7. The van der Waals surface area contributed by atoms with Crippen molar-refractivity contribution in [2.24, 2.45) is 0 Å². The first-order chi connectivity index (χ1) is 31.9. The topological polar surface area (TPSA) is 9.72 Å². The van der Waals surface area contributed by atoms with Gasteiger partial charge in [0.25, 0.3) is 6.71 Å². The van der Waals surface area contributed by atoms with Gasteiger partial charge in [0.05, 0.1) is 8.07 Å². The van der Waals surface area contributed by atoms with Crippen LogP contribution in [-0.2, 0) is 16.2 Å². The normalized spacial score (nSPS) is 14.5. The molecule has 0 saturated heterocycles. The molecule has 5 heteroatoms. The molecule has 3 nitrogen and oxygen atoms in total. The number of hydrogen-bond donors (Lipinski definition) is 0. The predicted octanol–water partition coefficient (Wildman–Crippen LogP) is 14.7. The first kappa shape index (κ1) is 43.0. The van der Waals surface area contributed by atoms with Crippen molar-refractivity contribution in [2.75, 3.05) is 14.7 Å². The summed E-state index contributed by atoms with van der Waals surface area (Å²) >= 11 is 0. The minimum Gasteiger partial charge on any atom is -0.311 e. The predicted molar refractivity (Wildman–Crippen MR) is 293 cm³/mol. The molecule has 0 fully saturated rings. The molecule has 11 rings (SSSR count). The molecular formula is C62H62BN3Si. The third kappa shape index (κ3) is 7.00. The highest BCUT2D eigenvalue weighted by Gasteiger charge is 2.45. The number of rotatable bonds is 6. The Balaban J connectivity index is 1.24. The van der Waals surface area contributed by atoms with Crippen LogP contribution in [0.25, 0.3) is 11.1 Å². The fraction of sp³-hybridized carbons (Fsp3) is 0.226. The zero-order valence-electron chi connectivity index (χ0n) is 41.2. The average Bonchev–Trinajstić information content (AvgIpc) is 3.53. The lowest BCUT2D eigenvalue weighted by Gasteiger charge is -2.45. The molecule has 0 amide bonds. The molecule has 2 aliphatic heterocycles. The largest absolute Gasteiger partial charge is 0.311 e. The van der Waals surface area contributed by atoms with Crippen LogP contribution in [0.5, 0.6) is 0 Å². The molecule has 0 bridgehead atoms. The molecule has 0 aromatic heterocycles. The molecular weight excluding hydrogens is 826 g/mol. The van der Waals surface area contributed by atoms with Crippen LogP contribution in [-0.4, -0.2) is 14.8 Å². The van der Waals surface area contributed by atoms with Gasteiger partial charge in [-0.2, -0.15) is 0 Å². The SMILES string of the molecule is CC(C)(C)c1ccc(N2c3ccc(C(C)(C)C)cc3B3c4ccc(N(c5ccccc5)c5ccccc5)cc4N(c4ccc5c(c4)C(C)(C)c4ccccc4-5)c4cc([Si](C)(C)C)cc2c43)cc1. The third-order valence-electron chi connectivity index (χ3n) is 14.9. The second-order valence-electron chi connectivity index (χ2n) is 22.8. The fourth-order valence-corrected chi connectivity index (χ4v) is 12.3. The average molecular weight is 888 g/mol. The molecule has 0 spiro atoms. The van der Waals surface area contributed by atoms with Crippen molar-refractivity contribution in [2.45, 2.75) is 91.3 Å². The maximum absolute atomic E-state index is 2.64. The van der Waals surface area contributed by atoms with E-state index in [0.29, 0.717) is 0 Å². The van der Waals surface area contributed by atoms with Crippen molar-refractivity contribution in [3.05, 3.63) is 198 Å². The summed E-state index contributed by atoms with van der Waals surface area (Å²) in [5, 5.41) is 1.44. The van der Waals surface area contributed by atoms with E-state index < -0.39 is 8.07 Å². The highest BCUT2D eigenvalue weighted by Crippen LogP contribution is 2.52. The van der Waals surface area contributed by atoms with Gasteiger partial charge in [-0.1, -0.05) is 177 Å². The molecule has 1 aliphatic carbocycles. The van der Waals surface area contributed by atoms with Crippen LogP contribution in [0.3, 0.4) is 0 Å². The van der Waals surface area contributed by atoms with Crippen LogP contribution < -0.4 is 36.3 Å². The Morgan fingerprint density at radius 3 is 1.61 bits per heavy atom. The molecule has 0 atom stereocenters. The second-order valence-corrected chi connectivity index (χ2v) is 27.8. The van der Waals surface area contributed by atoms with E-state index in [2.05, 4.69) is 266 Å². The number of anilines is 9. The standard InChI is InChI=1S/C62H62BN3Si/c1-60(2,3)41-26-29-45(30-27-41)65-55-35-28-42(61(4,5)6)36-54(55)63-53-34-32-47(64(43-20-14-12-15-21-43)44-22-16-13-17-23-44)38-56(53)66(58-40-48(67(9,10)11)39-57(65)59(58)63)46-31-33-50-49-24-18-19-25-51(49)62(7,8)52(50)37-46/h12-40H,1-11H3.